The molecule has 1 aromatic heterocycles. The van der Waals surface area contributed by atoms with E-state index in [0.717, 1.165) is 27.8 Å². The second kappa shape index (κ2) is 7.23. The van der Waals surface area contributed by atoms with Gasteiger partial charge in [-0.1, -0.05) is 11.2 Å². The first-order chi connectivity index (χ1) is 12.1. The Balaban J connectivity index is 2.00. The third-order valence-corrected chi connectivity index (χ3v) is 5.09. The van der Waals surface area contributed by atoms with E-state index in [4.69, 9.17) is 14.0 Å². The van der Waals surface area contributed by atoms with Crippen molar-refractivity contribution in [3.8, 4) is 11.5 Å². The van der Waals surface area contributed by atoms with Crippen molar-refractivity contribution >= 4 is 23.7 Å². The van der Waals surface area contributed by atoms with E-state index < -0.39 is 0 Å². The standard InChI is InChI=1S/C18H20N2O4S/c1-11-13(12(2)24-19-11)10-16-20(8-9-25-16)18(21)17-14(22-3)6-5-7-15(17)23-4/h5-7,10H,8-9H2,1-4H3/b16-10+. The van der Waals surface area contributed by atoms with Gasteiger partial charge in [0.05, 0.1) is 24.9 Å². The van der Waals surface area contributed by atoms with E-state index in [9.17, 15) is 4.79 Å². The molecule has 2 heterocycles. The van der Waals surface area contributed by atoms with Crippen molar-refractivity contribution < 1.29 is 18.8 Å². The summed E-state index contributed by atoms with van der Waals surface area (Å²) in [5, 5.41) is 4.84. The molecular weight excluding hydrogens is 340 g/mol. The average Bonchev–Trinajstić information content (AvgIpc) is 3.22. The molecule has 1 aliphatic heterocycles. The topological polar surface area (TPSA) is 64.8 Å². The third kappa shape index (κ3) is 3.24. The Bertz CT molecular complexity index is 787. The van der Waals surface area contributed by atoms with Crippen molar-refractivity contribution in [1.82, 2.24) is 10.1 Å². The van der Waals surface area contributed by atoms with Crippen molar-refractivity contribution in [2.24, 2.45) is 0 Å². The van der Waals surface area contributed by atoms with Gasteiger partial charge in [0.2, 0.25) is 0 Å². The van der Waals surface area contributed by atoms with Crippen molar-refractivity contribution in [2.45, 2.75) is 13.8 Å². The molecule has 0 radical (unpaired) electrons. The highest BCUT2D eigenvalue weighted by atomic mass is 32.2. The molecule has 0 unspecified atom stereocenters. The zero-order valence-electron chi connectivity index (χ0n) is 14.7. The van der Waals surface area contributed by atoms with Crippen LogP contribution in [0.1, 0.15) is 27.4 Å². The summed E-state index contributed by atoms with van der Waals surface area (Å²) in [4.78, 5) is 14.9. The number of thioether (sulfide) groups is 1. The van der Waals surface area contributed by atoms with Gasteiger partial charge in [0.1, 0.15) is 22.8 Å². The molecule has 0 saturated carbocycles. The Morgan fingerprint density at radius 2 is 1.96 bits per heavy atom. The van der Waals surface area contributed by atoms with E-state index in [1.807, 2.05) is 19.9 Å². The van der Waals surface area contributed by atoms with Crippen LogP contribution in [0.25, 0.3) is 6.08 Å². The molecule has 1 amide bonds. The van der Waals surface area contributed by atoms with Crippen LogP contribution in [0.5, 0.6) is 11.5 Å². The summed E-state index contributed by atoms with van der Waals surface area (Å²) < 4.78 is 15.9. The predicted molar refractivity (Wildman–Crippen MR) is 97.0 cm³/mol. The maximum Gasteiger partial charge on any atom is 0.266 e. The van der Waals surface area contributed by atoms with Gasteiger partial charge in [0.25, 0.3) is 5.91 Å². The molecule has 0 atom stereocenters. The zero-order valence-corrected chi connectivity index (χ0v) is 15.5. The number of nitrogens with zero attached hydrogens (tertiary/aromatic N) is 2. The average molecular weight is 360 g/mol. The first-order valence-electron chi connectivity index (χ1n) is 7.87. The number of carbonyl (C=O) groups is 1. The van der Waals surface area contributed by atoms with Crippen LogP contribution in [0, 0.1) is 13.8 Å². The van der Waals surface area contributed by atoms with E-state index in [1.165, 1.54) is 0 Å². The Labute approximate surface area is 150 Å². The molecule has 0 spiro atoms. The Hall–Kier alpha value is -2.41. The Morgan fingerprint density at radius 1 is 1.28 bits per heavy atom. The summed E-state index contributed by atoms with van der Waals surface area (Å²) in [6.07, 6.45) is 1.96. The molecule has 25 heavy (non-hydrogen) atoms. The fourth-order valence-corrected chi connectivity index (χ4v) is 3.78. The van der Waals surface area contributed by atoms with E-state index in [0.29, 0.717) is 23.6 Å². The van der Waals surface area contributed by atoms with Crippen LogP contribution in [0.3, 0.4) is 0 Å². The molecule has 1 saturated heterocycles. The van der Waals surface area contributed by atoms with Crippen molar-refractivity contribution in [1.29, 1.82) is 0 Å². The van der Waals surface area contributed by atoms with E-state index in [2.05, 4.69) is 5.16 Å². The van der Waals surface area contributed by atoms with Crippen molar-refractivity contribution in [3.05, 3.63) is 45.8 Å². The maximum absolute atomic E-state index is 13.2. The second-order valence-electron chi connectivity index (χ2n) is 5.56. The number of hydrogen-bond acceptors (Lipinski definition) is 6. The Kier molecular flexibility index (Phi) is 5.03. The highest BCUT2D eigenvalue weighted by molar-refractivity contribution is 8.03. The molecule has 0 aliphatic carbocycles. The second-order valence-corrected chi connectivity index (χ2v) is 6.68. The number of aryl methyl sites for hydroxylation is 2. The largest absolute Gasteiger partial charge is 0.496 e. The van der Waals surface area contributed by atoms with Gasteiger partial charge in [-0.2, -0.15) is 0 Å². The minimum atomic E-state index is -0.141. The van der Waals surface area contributed by atoms with Crippen molar-refractivity contribution in [2.75, 3.05) is 26.5 Å². The van der Waals surface area contributed by atoms with Crippen molar-refractivity contribution in [3.63, 3.8) is 0 Å². The molecule has 1 aromatic carbocycles. The minimum Gasteiger partial charge on any atom is -0.496 e. The fourth-order valence-electron chi connectivity index (χ4n) is 2.77. The van der Waals surface area contributed by atoms with Gasteiger partial charge in [-0.05, 0) is 32.1 Å². The molecule has 1 fully saturated rings. The monoisotopic (exact) mass is 360 g/mol. The number of carbonyl (C=O) groups excluding carboxylic acids is 1. The first kappa shape index (κ1) is 17.4. The molecule has 2 aromatic rings. The predicted octanol–water partition coefficient (Wildman–Crippen LogP) is 3.50. The van der Waals surface area contributed by atoms with Gasteiger partial charge < -0.3 is 18.9 Å². The molecule has 1 aliphatic rings. The van der Waals surface area contributed by atoms with Crippen LogP contribution in [0.15, 0.2) is 27.8 Å². The fraction of sp³-hybridized carbons (Fsp3) is 0.333. The summed E-state index contributed by atoms with van der Waals surface area (Å²) in [7, 11) is 3.09. The van der Waals surface area contributed by atoms with Gasteiger partial charge in [-0.25, -0.2) is 0 Å². The molecule has 0 N–H and O–H groups in total. The van der Waals surface area contributed by atoms with Gasteiger partial charge in [-0.3, -0.25) is 4.79 Å². The highest BCUT2D eigenvalue weighted by Crippen LogP contribution is 2.36. The van der Waals surface area contributed by atoms with Gasteiger partial charge in [-0.15, -0.1) is 11.8 Å². The lowest BCUT2D eigenvalue weighted by Crippen LogP contribution is -2.27. The van der Waals surface area contributed by atoms with Crippen LogP contribution in [-0.4, -0.2) is 42.5 Å². The number of aromatic nitrogens is 1. The SMILES string of the molecule is COc1cccc(OC)c1C(=O)N1CCS/C1=C/c1c(C)noc1C. The van der Waals surface area contributed by atoms with Gasteiger partial charge in [0, 0.05) is 17.9 Å². The zero-order chi connectivity index (χ0) is 18.0. The third-order valence-electron chi connectivity index (χ3n) is 4.07. The molecule has 7 heteroatoms. The number of rotatable bonds is 4. The lowest BCUT2D eigenvalue weighted by atomic mass is 10.1. The molecular formula is C18H20N2O4S. The quantitative estimate of drug-likeness (QED) is 0.831. The maximum atomic E-state index is 13.2. The molecule has 6 nitrogen and oxygen atoms in total. The molecule has 132 valence electrons. The lowest BCUT2D eigenvalue weighted by Gasteiger charge is -2.20. The lowest BCUT2D eigenvalue weighted by molar-refractivity contribution is 0.0824. The van der Waals surface area contributed by atoms with Gasteiger partial charge >= 0.3 is 0 Å². The van der Waals surface area contributed by atoms with Crippen LogP contribution in [0.4, 0.5) is 0 Å². The smallest absolute Gasteiger partial charge is 0.266 e. The minimum absolute atomic E-state index is 0.141. The number of hydrogen-bond donors (Lipinski definition) is 0. The summed E-state index contributed by atoms with van der Waals surface area (Å²) in [5.74, 6) is 2.42. The van der Waals surface area contributed by atoms with E-state index in [1.54, 1.807) is 49.1 Å². The van der Waals surface area contributed by atoms with Gasteiger partial charge in [0.15, 0.2) is 0 Å². The number of methoxy groups -OCH3 is 2. The van der Waals surface area contributed by atoms with Crippen LogP contribution < -0.4 is 9.47 Å². The van der Waals surface area contributed by atoms with Crippen LogP contribution in [0.2, 0.25) is 0 Å². The van der Waals surface area contributed by atoms with E-state index >= 15 is 0 Å². The summed E-state index contributed by atoms with van der Waals surface area (Å²) in [5.41, 5.74) is 2.15. The normalized spacial score (nSPS) is 15.7. The number of benzene rings is 1. The number of ether oxygens (including phenoxy) is 2. The Morgan fingerprint density at radius 3 is 2.52 bits per heavy atom. The van der Waals surface area contributed by atoms with Crippen LogP contribution >= 0.6 is 11.8 Å². The molecule has 3 rings (SSSR count). The summed E-state index contributed by atoms with van der Waals surface area (Å²) >= 11 is 1.63. The van der Waals surface area contributed by atoms with Crippen LogP contribution in [-0.2, 0) is 0 Å². The summed E-state index contributed by atoms with van der Waals surface area (Å²) in [6, 6.07) is 5.32. The number of amides is 1. The first-order valence-corrected chi connectivity index (χ1v) is 8.85. The summed E-state index contributed by atoms with van der Waals surface area (Å²) in [6.45, 7) is 4.37. The highest BCUT2D eigenvalue weighted by Gasteiger charge is 2.30. The molecule has 0 bridgehead atoms. The van der Waals surface area contributed by atoms with E-state index in [-0.39, 0.29) is 5.91 Å².